The SMILES string of the molecule is CC(C)Cc1cccs1.CC(C)OCc1ccccc1.CC(C)c1ccc(Cl)cc1.CC(C)c1ccccc1Cl.CC(C)c1cccnc1Sc1ccccc1.COc1cc(C(C)C)cc(OC)c1OC.Cc1onc(-c2c(F)cccc2Cl)c1C(C)C. The van der Waals surface area contributed by atoms with Crippen molar-refractivity contribution in [3.63, 3.8) is 0 Å². The molecule has 474 valence electrons. The molecule has 0 aliphatic rings. The van der Waals surface area contributed by atoms with Crippen LogP contribution in [0.3, 0.4) is 0 Å². The minimum atomic E-state index is -0.382. The monoisotopic (exact) mass is 1290 g/mol. The lowest BCUT2D eigenvalue weighted by Gasteiger charge is -2.15. The van der Waals surface area contributed by atoms with Crippen molar-refractivity contribution in [3.8, 4) is 28.5 Å². The highest BCUT2D eigenvalue weighted by molar-refractivity contribution is 7.99. The molecule has 0 spiro atoms. The summed E-state index contributed by atoms with van der Waals surface area (Å²) < 4.78 is 40.2. The van der Waals surface area contributed by atoms with Gasteiger partial charge in [0, 0.05) is 31.6 Å². The zero-order chi connectivity index (χ0) is 65.3. The number of halogens is 4. The van der Waals surface area contributed by atoms with Crippen LogP contribution in [-0.4, -0.2) is 37.6 Å². The van der Waals surface area contributed by atoms with E-state index in [4.69, 9.17) is 58.3 Å². The fourth-order valence-electron chi connectivity index (χ4n) is 8.39. The molecule has 0 fully saturated rings. The van der Waals surface area contributed by atoms with Crippen molar-refractivity contribution in [2.75, 3.05) is 21.3 Å². The number of thiophene rings is 1. The third kappa shape index (κ3) is 27.3. The Morgan fingerprint density at radius 1 is 0.557 bits per heavy atom. The molecule has 0 amide bonds. The first-order valence-electron chi connectivity index (χ1n) is 30.0. The summed E-state index contributed by atoms with van der Waals surface area (Å²) in [6.07, 6.45) is 3.41. The van der Waals surface area contributed by atoms with E-state index in [-0.39, 0.29) is 11.7 Å². The van der Waals surface area contributed by atoms with E-state index in [1.165, 1.54) is 50.1 Å². The summed E-state index contributed by atoms with van der Waals surface area (Å²) in [6, 6.07) is 53.5. The van der Waals surface area contributed by atoms with Gasteiger partial charge in [0.1, 0.15) is 22.3 Å². The van der Waals surface area contributed by atoms with Gasteiger partial charge >= 0.3 is 0 Å². The molecule has 0 bridgehead atoms. The predicted octanol–water partition coefficient (Wildman–Crippen LogP) is 24.2. The Kier molecular flexibility index (Phi) is 35.7. The van der Waals surface area contributed by atoms with Crippen LogP contribution in [-0.2, 0) is 17.8 Å². The standard InChI is InChI=1S/C14H15NS.C13H13ClFNO.C12H18O3.C10H14O.2C9H11Cl.C8H12S/c1-11(2)13-9-6-10-15-14(13)16-12-7-4-3-5-8-12;1-7(2)11-8(3)17-16-13(11)12-9(14)5-4-6-10(12)15;1-8(2)9-6-10(13-3)12(15-5)11(7-9)14-4;1-9(2)11-8-10-6-4-3-5-7-10;1-7(2)8-3-5-9(10)6-4-8;1-7(2)8-5-3-4-6-9(8)10;1-7(2)6-8-4-3-5-9-8/h3-11H,1-2H3;4-7H,1-3H3;6-8H,1-5H3;3-7,9H,8H2,1-2H3;2*3-7H,1-2H3;3-5,7H,6H2,1-2H3. The van der Waals surface area contributed by atoms with E-state index in [0.29, 0.717) is 69.1 Å². The van der Waals surface area contributed by atoms with Gasteiger partial charge in [0.25, 0.3) is 0 Å². The van der Waals surface area contributed by atoms with Crippen molar-refractivity contribution in [3.05, 3.63) is 240 Å². The van der Waals surface area contributed by atoms with Gasteiger partial charge in [-0.3, -0.25) is 0 Å². The Morgan fingerprint density at radius 3 is 1.59 bits per heavy atom. The maximum absolute atomic E-state index is 13.8. The third-order valence-corrected chi connectivity index (χ3v) is 16.0. The Labute approximate surface area is 550 Å². The highest BCUT2D eigenvalue weighted by Gasteiger charge is 2.22. The number of ether oxygens (including phenoxy) is 4. The van der Waals surface area contributed by atoms with Crippen molar-refractivity contribution in [1.29, 1.82) is 0 Å². The van der Waals surface area contributed by atoms with E-state index < -0.39 is 0 Å². The average Bonchev–Trinajstić information content (AvgIpc) is 4.23. The summed E-state index contributed by atoms with van der Waals surface area (Å²) in [5.41, 5.74) is 8.00. The Balaban J connectivity index is 0.000000272. The van der Waals surface area contributed by atoms with Gasteiger partial charge in [-0.1, -0.05) is 232 Å². The summed E-state index contributed by atoms with van der Waals surface area (Å²) >= 11 is 21.2. The highest BCUT2D eigenvalue weighted by Crippen LogP contribution is 2.40. The number of aryl methyl sites for hydroxylation is 1. The van der Waals surface area contributed by atoms with Gasteiger partial charge in [-0.05, 0) is 163 Å². The van der Waals surface area contributed by atoms with Crippen LogP contribution in [0, 0.1) is 18.7 Å². The molecule has 3 aromatic heterocycles. The van der Waals surface area contributed by atoms with Crippen LogP contribution in [0.2, 0.25) is 15.1 Å². The average molecular weight is 1290 g/mol. The molecule has 9 aromatic rings. The molecule has 13 heteroatoms. The summed E-state index contributed by atoms with van der Waals surface area (Å²) in [6.45, 7) is 32.4. The molecule has 0 N–H and O–H groups in total. The smallest absolute Gasteiger partial charge is 0.203 e. The van der Waals surface area contributed by atoms with Crippen LogP contribution in [0.15, 0.2) is 190 Å². The molecule has 0 aliphatic carbocycles. The molecule has 0 atom stereocenters. The molecule has 0 aliphatic heterocycles. The van der Waals surface area contributed by atoms with Crippen molar-refractivity contribution in [2.24, 2.45) is 5.92 Å². The van der Waals surface area contributed by atoms with E-state index in [0.717, 1.165) is 33.2 Å². The van der Waals surface area contributed by atoms with Crippen LogP contribution in [0.5, 0.6) is 17.2 Å². The van der Waals surface area contributed by atoms with Gasteiger partial charge in [0.05, 0.1) is 44.6 Å². The normalized spacial score (nSPS) is 10.6. The number of rotatable bonds is 16. The van der Waals surface area contributed by atoms with Crippen molar-refractivity contribution in [1.82, 2.24) is 10.1 Å². The summed E-state index contributed by atoms with van der Waals surface area (Å²) in [5, 5.41) is 9.21. The molecular formula is C75H94Cl3FN2O5S2. The number of aromatic nitrogens is 2. The second-order valence-corrected chi connectivity index (χ2v) is 26.1. The minimum absolute atomic E-state index is 0.201. The predicted molar refractivity (Wildman–Crippen MR) is 375 cm³/mol. The molecule has 0 unspecified atom stereocenters. The van der Waals surface area contributed by atoms with Gasteiger partial charge < -0.3 is 23.5 Å². The molecule has 0 saturated heterocycles. The zero-order valence-corrected chi connectivity index (χ0v) is 58.9. The number of methoxy groups -OCH3 is 3. The van der Waals surface area contributed by atoms with E-state index in [1.54, 1.807) is 45.2 Å². The summed E-state index contributed by atoms with van der Waals surface area (Å²) in [5.74, 6) is 5.44. The molecule has 6 aromatic carbocycles. The quantitative estimate of drug-likeness (QED) is 0.0947. The second kappa shape index (κ2) is 41.2. The van der Waals surface area contributed by atoms with E-state index >= 15 is 0 Å². The first-order chi connectivity index (χ1) is 41.9. The zero-order valence-electron chi connectivity index (χ0n) is 55.0. The summed E-state index contributed by atoms with van der Waals surface area (Å²) in [4.78, 5) is 7.20. The lowest BCUT2D eigenvalue weighted by Crippen LogP contribution is -2.01. The fraction of sp³-hybridized carbons (Fsp3) is 0.360. The van der Waals surface area contributed by atoms with E-state index in [9.17, 15) is 4.39 Å². The number of benzene rings is 6. The lowest BCUT2D eigenvalue weighted by atomic mass is 9.97. The van der Waals surface area contributed by atoms with Crippen LogP contribution in [0.4, 0.5) is 4.39 Å². The number of pyridine rings is 1. The number of hydrogen-bond acceptors (Lipinski definition) is 9. The van der Waals surface area contributed by atoms with Gasteiger partial charge in [0.15, 0.2) is 11.5 Å². The third-order valence-electron chi connectivity index (χ3n) is 13.1. The highest BCUT2D eigenvalue weighted by atomic mass is 35.5. The Hall–Kier alpha value is -6.11. The van der Waals surface area contributed by atoms with Gasteiger partial charge in [0.2, 0.25) is 5.75 Å². The van der Waals surface area contributed by atoms with Crippen molar-refractivity contribution >= 4 is 57.9 Å². The van der Waals surface area contributed by atoms with Crippen LogP contribution in [0.1, 0.15) is 171 Å². The van der Waals surface area contributed by atoms with Crippen LogP contribution in [0.25, 0.3) is 11.3 Å². The molecule has 0 saturated carbocycles. The number of nitrogens with zero attached hydrogens (tertiary/aromatic N) is 2. The van der Waals surface area contributed by atoms with Crippen molar-refractivity contribution in [2.45, 2.75) is 162 Å². The fourth-order valence-corrected chi connectivity index (χ4v) is 11.1. The van der Waals surface area contributed by atoms with E-state index in [2.05, 4.69) is 158 Å². The second-order valence-electron chi connectivity index (χ2n) is 22.7. The molecular weight excluding hydrogens is 1200 g/mol. The maximum atomic E-state index is 13.8. The maximum Gasteiger partial charge on any atom is 0.203 e. The molecule has 88 heavy (non-hydrogen) atoms. The Morgan fingerprint density at radius 2 is 1.11 bits per heavy atom. The number of hydrogen-bond donors (Lipinski definition) is 0. The molecule has 7 nitrogen and oxygen atoms in total. The molecule has 3 heterocycles. The first-order valence-corrected chi connectivity index (χ1v) is 32.8. The first kappa shape index (κ1) is 76.1. The minimum Gasteiger partial charge on any atom is -0.493 e. The Bertz CT molecular complexity index is 3270. The van der Waals surface area contributed by atoms with Crippen LogP contribution < -0.4 is 14.2 Å². The van der Waals surface area contributed by atoms with Gasteiger partial charge in [-0.25, -0.2) is 9.37 Å². The summed E-state index contributed by atoms with van der Waals surface area (Å²) in [7, 11) is 4.86. The largest absolute Gasteiger partial charge is 0.493 e. The van der Waals surface area contributed by atoms with Gasteiger partial charge in [-0.2, -0.15) is 0 Å². The van der Waals surface area contributed by atoms with Crippen LogP contribution >= 0.6 is 57.9 Å². The van der Waals surface area contributed by atoms with Crippen molar-refractivity contribution < 1.29 is 27.9 Å². The van der Waals surface area contributed by atoms with E-state index in [1.807, 2.05) is 125 Å². The van der Waals surface area contributed by atoms with Gasteiger partial charge in [-0.15, -0.1) is 11.3 Å². The molecule has 0 radical (unpaired) electrons. The molecule has 9 rings (SSSR count). The topological polar surface area (TPSA) is 75.8 Å². The lowest BCUT2D eigenvalue weighted by molar-refractivity contribution is 0.0657.